The number of nitrogens with one attached hydrogen (secondary N) is 1. The molecule has 0 amide bonds. The average Bonchev–Trinajstić information content (AvgIpc) is 2.74. The highest BCUT2D eigenvalue weighted by Gasteiger charge is 2.21. The maximum Gasteiger partial charge on any atom is 0.159 e. The number of benzene rings is 2. The third kappa shape index (κ3) is 4.60. The molecule has 1 saturated heterocycles. The van der Waals surface area contributed by atoms with E-state index in [-0.39, 0.29) is 0 Å². The van der Waals surface area contributed by atoms with E-state index in [1.54, 1.807) is 6.33 Å². The fraction of sp³-hybridized carbons (Fsp3) is 0.273. The third-order valence-corrected chi connectivity index (χ3v) is 5.63. The topological polar surface area (TPSA) is 70.3 Å². The van der Waals surface area contributed by atoms with Crippen LogP contribution in [0, 0.1) is 6.92 Å². The Morgan fingerprint density at radius 3 is 2.52 bits per heavy atom. The lowest BCUT2D eigenvalue weighted by atomic mass is 10.2. The Hall–Kier alpha value is -2.83. The number of hydrogen-bond acceptors (Lipinski definition) is 6. The second kappa shape index (κ2) is 8.68. The molecule has 0 radical (unpaired) electrons. The van der Waals surface area contributed by atoms with Crippen LogP contribution in [0.5, 0.6) is 0 Å². The van der Waals surface area contributed by atoms with E-state index in [9.17, 15) is 0 Å². The van der Waals surface area contributed by atoms with Gasteiger partial charge in [0.15, 0.2) is 11.6 Å². The summed E-state index contributed by atoms with van der Waals surface area (Å²) in [5, 5.41) is 3.97. The second-order valence-corrected chi connectivity index (χ2v) is 7.70. The SMILES string of the molecule is Cc1ccc(Nc2ncnc(N3CCN(Cc4ccccc4)CC3)c2N)cc1Cl. The predicted octanol–water partition coefficient (Wildman–Crippen LogP) is 4.09. The monoisotopic (exact) mass is 408 g/mol. The van der Waals surface area contributed by atoms with E-state index in [1.165, 1.54) is 5.56 Å². The molecule has 0 spiro atoms. The number of aromatic nitrogens is 2. The van der Waals surface area contributed by atoms with Crippen molar-refractivity contribution in [2.24, 2.45) is 0 Å². The standard InChI is InChI=1S/C22H25ClN6/c1-16-7-8-18(13-19(16)23)27-21-20(24)22(26-15-25-21)29-11-9-28(10-12-29)14-17-5-3-2-4-6-17/h2-8,13,15H,9-12,14,24H2,1H3,(H,25,26,27). The number of nitrogens with zero attached hydrogens (tertiary/aromatic N) is 4. The van der Waals surface area contributed by atoms with Crippen molar-refractivity contribution in [2.45, 2.75) is 13.5 Å². The molecule has 1 aliphatic rings. The summed E-state index contributed by atoms with van der Waals surface area (Å²) in [6, 6.07) is 16.4. The summed E-state index contributed by atoms with van der Waals surface area (Å²) in [5.74, 6) is 1.38. The van der Waals surface area contributed by atoms with E-state index in [0.29, 0.717) is 16.5 Å². The summed E-state index contributed by atoms with van der Waals surface area (Å²) in [7, 11) is 0. The molecule has 0 bridgehead atoms. The molecule has 1 aromatic heterocycles. The molecule has 6 nitrogen and oxygen atoms in total. The van der Waals surface area contributed by atoms with Crippen LogP contribution in [-0.4, -0.2) is 41.0 Å². The van der Waals surface area contributed by atoms with Gasteiger partial charge in [-0.15, -0.1) is 0 Å². The van der Waals surface area contributed by atoms with Gasteiger partial charge in [-0.2, -0.15) is 0 Å². The van der Waals surface area contributed by atoms with Gasteiger partial charge < -0.3 is 16.0 Å². The minimum atomic E-state index is 0.556. The normalized spacial score (nSPS) is 14.8. The number of hydrogen-bond donors (Lipinski definition) is 2. The van der Waals surface area contributed by atoms with E-state index in [0.717, 1.165) is 49.8 Å². The number of aryl methyl sites for hydroxylation is 1. The molecule has 1 fully saturated rings. The lowest BCUT2D eigenvalue weighted by Gasteiger charge is -2.36. The number of nitrogens with two attached hydrogens (primary N) is 1. The van der Waals surface area contributed by atoms with Gasteiger partial charge in [0, 0.05) is 43.4 Å². The van der Waals surface area contributed by atoms with Crippen molar-refractivity contribution in [1.29, 1.82) is 0 Å². The highest BCUT2D eigenvalue weighted by molar-refractivity contribution is 6.31. The molecule has 0 aliphatic carbocycles. The van der Waals surface area contributed by atoms with E-state index >= 15 is 0 Å². The highest BCUT2D eigenvalue weighted by Crippen LogP contribution is 2.30. The molecule has 4 rings (SSSR count). The van der Waals surface area contributed by atoms with Gasteiger partial charge in [0.2, 0.25) is 0 Å². The molecular formula is C22H25ClN6. The Labute approximate surface area is 176 Å². The van der Waals surface area contributed by atoms with E-state index in [2.05, 4.69) is 55.4 Å². The van der Waals surface area contributed by atoms with Crippen molar-refractivity contribution in [2.75, 3.05) is 42.1 Å². The highest BCUT2D eigenvalue weighted by atomic mass is 35.5. The molecule has 0 saturated carbocycles. The Kier molecular flexibility index (Phi) is 5.83. The lowest BCUT2D eigenvalue weighted by Crippen LogP contribution is -2.46. The number of nitrogen functional groups attached to an aromatic ring is 1. The van der Waals surface area contributed by atoms with Crippen LogP contribution in [0.2, 0.25) is 5.02 Å². The van der Waals surface area contributed by atoms with Crippen LogP contribution in [-0.2, 0) is 6.54 Å². The minimum absolute atomic E-state index is 0.556. The van der Waals surface area contributed by atoms with Gasteiger partial charge >= 0.3 is 0 Å². The number of anilines is 4. The van der Waals surface area contributed by atoms with E-state index < -0.39 is 0 Å². The first-order chi connectivity index (χ1) is 14.1. The van der Waals surface area contributed by atoms with Crippen molar-refractivity contribution in [3.63, 3.8) is 0 Å². The molecule has 150 valence electrons. The van der Waals surface area contributed by atoms with Crippen molar-refractivity contribution in [3.05, 3.63) is 71.0 Å². The maximum atomic E-state index is 6.41. The summed E-state index contributed by atoms with van der Waals surface area (Å²) >= 11 is 6.23. The van der Waals surface area contributed by atoms with Gasteiger partial charge in [0.05, 0.1) is 0 Å². The molecule has 0 unspecified atom stereocenters. The van der Waals surface area contributed by atoms with Gasteiger partial charge in [-0.05, 0) is 30.2 Å². The second-order valence-electron chi connectivity index (χ2n) is 7.30. The molecule has 2 aromatic carbocycles. The molecule has 1 aliphatic heterocycles. The largest absolute Gasteiger partial charge is 0.393 e. The lowest BCUT2D eigenvalue weighted by molar-refractivity contribution is 0.249. The first kappa shape index (κ1) is 19.5. The fourth-order valence-corrected chi connectivity index (χ4v) is 3.69. The Morgan fingerprint density at radius 2 is 1.79 bits per heavy atom. The van der Waals surface area contributed by atoms with Crippen molar-refractivity contribution in [3.8, 4) is 0 Å². The molecular weight excluding hydrogens is 384 g/mol. The van der Waals surface area contributed by atoms with Crippen molar-refractivity contribution in [1.82, 2.24) is 14.9 Å². The summed E-state index contributed by atoms with van der Waals surface area (Å²) in [6.45, 7) is 6.63. The van der Waals surface area contributed by atoms with E-state index in [1.807, 2.05) is 25.1 Å². The first-order valence-electron chi connectivity index (χ1n) is 9.75. The van der Waals surface area contributed by atoms with Gasteiger partial charge in [0.1, 0.15) is 12.0 Å². The predicted molar refractivity (Wildman–Crippen MR) is 120 cm³/mol. The molecule has 7 heteroatoms. The summed E-state index contributed by atoms with van der Waals surface area (Å²) < 4.78 is 0. The molecule has 0 atom stereocenters. The fourth-order valence-electron chi connectivity index (χ4n) is 3.50. The quantitative estimate of drug-likeness (QED) is 0.662. The zero-order valence-corrected chi connectivity index (χ0v) is 17.2. The van der Waals surface area contributed by atoms with Crippen LogP contribution in [0.25, 0.3) is 0 Å². The molecule has 29 heavy (non-hydrogen) atoms. The Bertz CT molecular complexity index is 970. The number of halogens is 1. The maximum absolute atomic E-state index is 6.41. The van der Waals surface area contributed by atoms with Crippen LogP contribution < -0.4 is 16.0 Å². The average molecular weight is 409 g/mol. The Balaban J connectivity index is 1.43. The summed E-state index contributed by atoms with van der Waals surface area (Å²) in [6.07, 6.45) is 1.56. The van der Waals surface area contributed by atoms with Gasteiger partial charge in [-0.1, -0.05) is 48.0 Å². The van der Waals surface area contributed by atoms with Crippen LogP contribution in [0.15, 0.2) is 54.9 Å². The molecule has 2 heterocycles. The van der Waals surface area contributed by atoms with Crippen LogP contribution in [0.3, 0.4) is 0 Å². The number of piperazine rings is 1. The Morgan fingerprint density at radius 1 is 1.03 bits per heavy atom. The van der Waals surface area contributed by atoms with Crippen LogP contribution in [0.1, 0.15) is 11.1 Å². The van der Waals surface area contributed by atoms with Gasteiger partial charge in [-0.25, -0.2) is 9.97 Å². The van der Waals surface area contributed by atoms with Crippen LogP contribution in [0.4, 0.5) is 23.0 Å². The zero-order chi connectivity index (χ0) is 20.2. The number of rotatable bonds is 5. The summed E-state index contributed by atoms with van der Waals surface area (Å²) in [5.41, 5.74) is 10.2. The third-order valence-electron chi connectivity index (χ3n) is 5.22. The molecule has 3 aromatic rings. The summed E-state index contributed by atoms with van der Waals surface area (Å²) in [4.78, 5) is 13.5. The van der Waals surface area contributed by atoms with Crippen molar-refractivity contribution < 1.29 is 0 Å². The first-order valence-corrected chi connectivity index (χ1v) is 10.1. The molecule has 3 N–H and O–H groups in total. The zero-order valence-electron chi connectivity index (χ0n) is 16.5. The van der Waals surface area contributed by atoms with Gasteiger partial charge in [0.25, 0.3) is 0 Å². The minimum Gasteiger partial charge on any atom is -0.393 e. The van der Waals surface area contributed by atoms with Gasteiger partial charge in [-0.3, -0.25) is 4.90 Å². The van der Waals surface area contributed by atoms with E-state index in [4.69, 9.17) is 17.3 Å². The van der Waals surface area contributed by atoms with Crippen LogP contribution >= 0.6 is 11.6 Å². The van der Waals surface area contributed by atoms with Crippen molar-refractivity contribution >= 4 is 34.6 Å². The smallest absolute Gasteiger partial charge is 0.159 e.